The number of phenols is 1. The summed E-state index contributed by atoms with van der Waals surface area (Å²) in [6.45, 7) is 0. The van der Waals surface area contributed by atoms with Crippen LogP contribution in [-0.4, -0.2) is 22.5 Å². The molecule has 0 aliphatic carbocycles. The molecule has 1 aromatic carbocycles. The third-order valence-corrected chi connectivity index (χ3v) is 2.02. The summed E-state index contributed by atoms with van der Waals surface area (Å²) in [5, 5.41) is 17.7. The lowest BCUT2D eigenvalue weighted by molar-refractivity contribution is -0.205. The van der Waals surface area contributed by atoms with Gasteiger partial charge in [-0.3, -0.25) is 0 Å². The fraction of sp³-hybridized carbons (Fsp3) is 0.400. The molecule has 0 saturated carbocycles. The van der Waals surface area contributed by atoms with Crippen molar-refractivity contribution in [3.8, 4) is 5.75 Å². The molecule has 84 valence electrons. The minimum Gasteiger partial charge on any atom is -0.508 e. The van der Waals surface area contributed by atoms with E-state index in [1.165, 1.54) is 24.3 Å². The second-order valence-electron chi connectivity index (χ2n) is 3.26. The number of hydrogen-bond acceptors (Lipinski definition) is 2. The minimum atomic E-state index is -4.56. The summed E-state index contributed by atoms with van der Waals surface area (Å²) in [4.78, 5) is 0. The number of phenolic OH excluding ortho intramolecular Hbond substituents is 1. The number of halogens is 3. The van der Waals surface area contributed by atoms with Crippen LogP contribution < -0.4 is 0 Å². The van der Waals surface area contributed by atoms with Gasteiger partial charge in [-0.1, -0.05) is 12.1 Å². The van der Waals surface area contributed by atoms with Crippen molar-refractivity contribution >= 4 is 0 Å². The first-order valence-electron chi connectivity index (χ1n) is 4.42. The maximum atomic E-state index is 11.9. The van der Waals surface area contributed by atoms with Crippen molar-refractivity contribution in [3.05, 3.63) is 29.8 Å². The lowest BCUT2D eigenvalue weighted by atomic mass is 10.1. The fourth-order valence-corrected chi connectivity index (χ4v) is 1.13. The van der Waals surface area contributed by atoms with E-state index in [9.17, 15) is 13.2 Å². The molecule has 15 heavy (non-hydrogen) atoms. The first kappa shape index (κ1) is 11.8. The Morgan fingerprint density at radius 3 is 2.13 bits per heavy atom. The molecule has 1 aromatic rings. The lowest BCUT2D eigenvalue weighted by Crippen LogP contribution is -2.28. The highest BCUT2D eigenvalue weighted by Crippen LogP contribution is 2.23. The lowest BCUT2D eigenvalue weighted by Gasteiger charge is -2.13. The Balaban J connectivity index is 2.47. The molecule has 0 amide bonds. The molecule has 0 bridgehead atoms. The van der Waals surface area contributed by atoms with E-state index in [0.717, 1.165) is 0 Å². The number of aliphatic hydroxyl groups excluding tert-OH is 1. The molecular formula is C10H11F3O2. The molecule has 0 aliphatic heterocycles. The van der Waals surface area contributed by atoms with Gasteiger partial charge in [0.2, 0.25) is 0 Å². The highest BCUT2D eigenvalue weighted by Gasteiger charge is 2.37. The zero-order valence-corrected chi connectivity index (χ0v) is 7.83. The summed E-state index contributed by atoms with van der Waals surface area (Å²) >= 11 is 0. The summed E-state index contributed by atoms with van der Waals surface area (Å²) in [5.74, 6) is 0.0649. The number of aliphatic hydroxyl groups is 1. The summed E-state index contributed by atoms with van der Waals surface area (Å²) < 4.78 is 35.8. The van der Waals surface area contributed by atoms with Crippen molar-refractivity contribution in [2.24, 2.45) is 0 Å². The number of rotatable bonds is 3. The van der Waals surface area contributed by atoms with Gasteiger partial charge >= 0.3 is 6.18 Å². The van der Waals surface area contributed by atoms with E-state index < -0.39 is 12.3 Å². The van der Waals surface area contributed by atoms with Crippen molar-refractivity contribution in [1.29, 1.82) is 0 Å². The Morgan fingerprint density at radius 1 is 1.13 bits per heavy atom. The molecule has 0 aromatic heterocycles. The third kappa shape index (κ3) is 3.79. The van der Waals surface area contributed by atoms with E-state index in [0.29, 0.717) is 5.56 Å². The van der Waals surface area contributed by atoms with Crippen LogP contribution in [0.5, 0.6) is 5.75 Å². The van der Waals surface area contributed by atoms with Crippen LogP contribution in [-0.2, 0) is 6.42 Å². The molecule has 0 fully saturated rings. The Hall–Kier alpha value is -1.23. The van der Waals surface area contributed by atoms with Crippen LogP contribution in [0.2, 0.25) is 0 Å². The zero-order chi connectivity index (χ0) is 11.5. The number of benzene rings is 1. The summed E-state index contributed by atoms with van der Waals surface area (Å²) in [6.07, 6.45) is -7.09. The highest BCUT2D eigenvalue weighted by molar-refractivity contribution is 5.25. The van der Waals surface area contributed by atoms with Gasteiger partial charge in [-0.05, 0) is 30.5 Å². The predicted molar refractivity (Wildman–Crippen MR) is 48.5 cm³/mol. The average Bonchev–Trinajstić information content (AvgIpc) is 2.15. The van der Waals surface area contributed by atoms with Gasteiger partial charge in [0.1, 0.15) is 11.9 Å². The van der Waals surface area contributed by atoms with E-state index >= 15 is 0 Å². The van der Waals surface area contributed by atoms with Crippen LogP contribution in [0.3, 0.4) is 0 Å². The second kappa shape index (κ2) is 4.53. The third-order valence-electron chi connectivity index (χ3n) is 2.02. The normalized spacial score (nSPS) is 13.9. The van der Waals surface area contributed by atoms with Gasteiger partial charge in [0.25, 0.3) is 0 Å². The molecular weight excluding hydrogens is 209 g/mol. The van der Waals surface area contributed by atoms with Crippen LogP contribution in [0.1, 0.15) is 12.0 Å². The van der Waals surface area contributed by atoms with Crippen molar-refractivity contribution in [2.75, 3.05) is 0 Å². The quantitative estimate of drug-likeness (QED) is 0.820. The standard InChI is InChI=1S/C10H11F3O2/c11-10(12,13)9(15)6-3-7-1-4-8(14)5-2-7/h1-2,4-5,9,14-15H,3,6H2. The van der Waals surface area contributed by atoms with Gasteiger partial charge in [0.15, 0.2) is 0 Å². The SMILES string of the molecule is Oc1ccc(CCC(O)C(F)(F)F)cc1. The van der Waals surface area contributed by atoms with Gasteiger partial charge in [-0.15, -0.1) is 0 Å². The van der Waals surface area contributed by atoms with Gasteiger partial charge in [-0.2, -0.15) is 13.2 Å². The number of hydrogen-bond donors (Lipinski definition) is 2. The number of alkyl halides is 3. The Kier molecular flexibility index (Phi) is 3.57. The van der Waals surface area contributed by atoms with Crippen molar-refractivity contribution in [2.45, 2.75) is 25.1 Å². The molecule has 0 spiro atoms. The van der Waals surface area contributed by atoms with E-state index in [-0.39, 0.29) is 18.6 Å². The maximum absolute atomic E-state index is 11.9. The van der Waals surface area contributed by atoms with Crippen LogP contribution in [0.4, 0.5) is 13.2 Å². The molecule has 5 heteroatoms. The van der Waals surface area contributed by atoms with E-state index in [1.807, 2.05) is 0 Å². The molecule has 2 N–H and O–H groups in total. The van der Waals surface area contributed by atoms with Crippen LogP contribution in [0, 0.1) is 0 Å². The molecule has 0 aliphatic rings. The van der Waals surface area contributed by atoms with Crippen molar-refractivity contribution < 1.29 is 23.4 Å². The molecule has 0 saturated heterocycles. The molecule has 1 atom stereocenters. The maximum Gasteiger partial charge on any atom is 0.414 e. The van der Waals surface area contributed by atoms with Crippen LogP contribution in [0.25, 0.3) is 0 Å². The first-order chi connectivity index (χ1) is 6.89. The van der Waals surface area contributed by atoms with Gasteiger partial charge in [0, 0.05) is 0 Å². The first-order valence-corrected chi connectivity index (χ1v) is 4.42. The molecule has 0 radical (unpaired) electrons. The second-order valence-corrected chi connectivity index (χ2v) is 3.26. The van der Waals surface area contributed by atoms with Crippen LogP contribution in [0.15, 0.2) is 24.3 Å². The molecule has 1 unspecified atom stereocenters. The Bertz CT molecular complexity index is 305. The monoisotopic (exact) mass is 220 g/mol. The largest absolute Gasteiger partial charge is 0.508 e. The molecule has 0 heterocycles. The van der Waals surface area contributed by atoms with E-state index in [4.69, 9.17) is 10.2 Å². The molecule has 1 rings (SSSR count). The number of aryl methyl sites for hydroxylation is 1. The minimum absolute atomic E-state index is 0.0649. The average molecular weight is 220 g/mol. The summed E-state index contributed by atoms with van der Waals surface area (Å²) in [7, 11) is 0. The highest BCUT2D eigenvalue weighted by atomic mass is 19.4. The topological polar surface area (TPSA) is 40.5 Å². The Labute approximate surface area is 85.0 Å². The Morgan fingerprint density at radius 2 is 1.67 bits per heavy atom. The predicted octanol–water partition coefficient (Wildman–Crippen LogP) is 2.25. The van der Waals surface area contributed by atoms with Crippen molar-refractivity contribution in [3.63, 3.8) is 0 Å². The fourth-order valence-electron chi connectivity index (χ4n) is 1.13. The zero-order valence-electron chi connectivity index (χ0n) is 7.83. The van der Waals surface area contributed by atoms with Gasteiger partial charge in [0.05, 0.1) is 0 Å². The summed E-state index contributed by atoms with van der Waals surface area (Å²) in [6, 6.07) is 5.85. The van der Waals surface area contributed by atoms with Gasteiger partial charge < -0.3 is 10.2 Å². The smallest absolute Gasteiger partial charge is 0.414 e. The summed E-state index contributed by atoms with van der Waals surface area (Å²) in [5.41, 5.74) is 0.649. The van der Waals surface area contributed by atoms with Crippen molar-refractivity contribution in [1.82, 2.24) is 0 Å². The molecule has 2 nitrogen and oxygen atoms in total. The van der Waals surface area contributed by atoms with Crippen LogP contribution >= 0.6 is 0 Å². The number of aromatic hydroxyl groups is 1. The van der Waals surface area contributed by atoms with E-state index in [1.54, 1.807) is 0 Å². The van der Waals surface area contributed by atoms with E-state index in [2.05, 4.69) is 0 Å². The van der Waals surface area contributed by atoms with Gasteiger partial charge in [-0.25, -0.2) is 0 Å².